The van der Waals surface area contributed by atoms with Crippen molar-refractivity contribution in [1.29, 1.82) is 0 Å². The molecule has 0 aliphatic rings. The van der Waals surface area contributed by atoms with Crippen LogP contribution in [0.4, 0.5) is 11.4 Å². The normalized spacial score (nSPS) is 11.2. The monoisotopic (exact) mass is 479 g/mol. The number of nitrogens with zero attached hydrogens (tertiary/aromatic N) is 1. The summed E-state index contributed by atoms with van der Waals surface area (Å²) in [6.07, 6.45) is 0. The van der Waals surface area contributed by atoms with Gasteiger partial charge < -0.3 is 24.8 Å². The third-order valence-electron chi connectivity index (χ3n) is 4.79. The molecule has 0 fully saturated rings. The summed E-state index contributed by atoms with van der Waals surface area (Å²) in [6, 6.07) is 9.74. The molecule has 9 nitrogen and oxygen atoms in total. The lowest BCUT2D eigenvalue weighted by atomic mass is 10.2. The average molecular weight is 480 g/mol. The van der Waals surface area contributed by atoms with Crippen LogP contribution in [0.2, 0.25) is 0 Å². The van der Waals surface area contributed by atoms with Gasteiger partial charge in [-0.25, -0.2) is 8.42 Å². The Morgan fingerprint density at radius 1 is 0.909 bits per heavy atom. The Kier molecular flexibility index (Phi) is 9.80. The molecule has 182 valence electrons. The molecule has 0 aliphatic carbocycles. The summed E-state index contributed by atoms with van der Waals surface area (Å²) in [5.41, 5.74) is 0.883. The van der Waals surface area contributed by atoms with Gasteiger partial charge in [0.2, 0.25) is 15.9 Å². The van der Waals surface area contributed by atoms with Crippen molar-refractivity contribution in [1.82, 2.24) is 4.31 Å². The van der Waals surface area contributed by atoms with E-state index in [1.807, 2.05) is 13.8 Å². The molecule has 2 aromatic carbocycles. The second-order valence-corrected chi connectivity index (χ2v) is 8.82. The summed E-state index contributed by atoms with van der Waals surface area (Å²) in [5, 5.41) is 5.78. The summed E-state index contributed by atoms with van der Waals surface area (Å²) >= 11 is 0. The van der Waals surface area contributed by atoms with Gasteiger partial charge >= 0.3 is 0 Å². The lowest BCUT2D eigenvalue weighted by Crippen LogP contribution is -2.30. The summed E-state index contributed by atoms with van der Waals surface area (Å²) in [7, 11) is -2.23. The van der Waals surface area contributed by atoms with Gasteiger partial charge in [0, 0.05) is 19.2 Å². The first-order chi connectivity index (χ1) is 15.8. The van der Waals surface area contributed by atoms with E-state index >= 15 is 0 Å². The molecule has 2 aromatic rings. The minimum absolute atomic E-state index is 0.0776. The second kappa shape index (κ2) is 12.3. The Hall–Kier alpha value is -2.98. The highest BCUT2D eigenvalue weighted by Gasteiger charge is 2.23. The van der Waals surface area contributed by atoms with Crippen molar-refractivity contribution in [2.24, 2.45) is 0 Å². The zero-order valence-corrected chi connectivity index (χ0v) is 20.6. The molecular weight excluding hydrogens is 446 g/mol. The quantitative estimate of drug-likeness (QED) is 0.452. The Balaban J connectivity index is 2.21. The van der Waals surface area contributed by atoms with Crippen molar-refractivity contribution >= 4 is 27.3 Å². The number of benzene rings is 2. The molecule has 0 spiro atoms. The molecule has 2 N–H and O–H groups in total. The van der Waals surface area contributed by atoms with Gasteiger partial charge in [0.05, 0.1) is 43.1 Å². The van der Waals surface area contributed by atoms with Crippen molar-refractivity contribution < 1.29 is 27.4 Å². The molecule has 0 saturated carbocycles. The highest BCUT2D eigenvalue weighted by Crippen LogP contribution is 2.31. The molecule has 10 heteroatoms. The van der Waals surface area contributed by atoms with Crippen molar-refractivity contribution in [2.45, 2.75) is 32.6 Å². The van der Waals surface area contributed by atoms with E-state index in [2.05, 4.69) is 10.6 Å². The Morgan fingerprint density at radius 2 is 1.58 bits per heavy atom. The first-order valence-electron chi connectivity index (χ1n) is 10.9. The van der Waals surface area contributed by atoms with Crippen LogP contribution in [-0.2, 0) is 14.8 Å². The van der Waals surface area contributed by atoms with Crippen LogP contribution in [0.5, 0.6) is 17.2 Å². The number of hydrogen-bond donors (Lipinski definition) is 2. The minimum atomic E-state index is -3.68. The SMILES string of the molecule is CCOc1ccc(OCC)c(NCC(=O)Nc2cc(S(=O)(=O)N(CC)CC)ccc2OC)c1. The minimum Gasteiger partial charge on any atom is -0.495 e. The highest BCUT2D eigenvalue weighted by atomic mass is 32.2. The number of hydrogen-bond acceptors (Lipinski definition) is 7. The smallest absolute Gasteiger partial charge is 0.243 e. The summed E-state index contributed by atoms with van der Waals surface area (Å²) in [6.45, 7) is 8.91. The molecule has 0 unspecified atom stereocenters. The fourth-order valence-electron chi connectivity index (χ4n) is 3.21. The predicted octanol–water partition coefficient (Wildman–Crippen LogP) is 3.57. The van der Waals surface area contributed by atoms with E-state index < -0.39 is 10.0 Å². The second-order valence-electron chi connectivity index (χ2n) is 6.88. The lowest BCUT2D eigenvalue weighted by Gasteiger charge is -2.20. The van der Waals surface area contributed by atoms with Gasteiger partial charge in [-0.1, -0.05) is 13.8 Å². The van der Waals surface area contributed by atoms with Gasteiger partial charge in [0.15, 0.2) is 0 Å². The maximum atomic E-state index is 12.9. The Bertz CT molecular complexity index is 1040. The number of rotatable bonds is 13. The van der Waals surface area contributed by atoms with E-state index in [1.54, 1.807) is 32.0 Å². The average Bonchev–Trinajstić information content (AvgIpc) is 2.80. The maximum Gasteiger partial charge on any atom is 0.243 e. The van der Waals surface area contributed by atoms with Gasteiger partial charge in [-0.2, -0.15) is 4.31 Å². The number of sulfonamides is 1. The lowest BCUT2D eigenvalue weighted by molar-refractivity contribution is -0.114. The van der Waals surface area contributed by atoms with Crippen LogP contribution >= 0.6 is 0 Å². The molecular formula is C23H33N3O6S. The number of carbonyl (C=O) groups is 1. The van der Waals surface area contributed by atoms with Crippen molar-refractivity contribution in [2.75, 3.05) is 50.6 Å². The summed E-state index contributed by atoms with van der Waals surface area (Å²) in [5.74, 6) is 1.23. The number of amides is 1. The van der Waals surface area contributed by atoms with Gasteiger partial charge in [0.1, 0.15) is 17.2 Å². The van der Waals surface area contributed by atoms with Crippen LogP contribution in [0.3, 0.4) is 0 Å². The molecule has 33 heavy (non-hydrogen) atoms. The van der Waals surface area contributed by atoms with Crippen LogP contribution in [0.1, 0.15) is 27.7 Å². The Morgan fingerprint density at radius 3 is 2.18 bits per heavy atom. The number of anilines is 2. The van der Waals surface area contributed by atoms with Gasteiger partial charge in [-0.15, -0.1) is 0 Å². The Labute approximate surface area is 196 Å². The van der Waals surface area contributed by atoms with Crippen LogP contribution in [-0.4, -0.2) is 58.6 Å². The van der Waals surface area contributed by atoms with Crippen molar-refractivity contribution in [3.8, 4) is 17.2 Å². The largest absolute Gasteiger partial charge is 0.495 e. The third kappa shape index (κ3) is 6.75. The van der Waals surface area contributed by atoms with E-state index in [0.717, 1.165) is 0 Å². The van der Waals surface area contributed by atoms with Gasteiger partial charge in [-0.05, 0) is 44.2 Å². The molecule has 0 atom stereocenters. The highest BCUT2D eigenvalue weighted by molar-refractivity contribution is 7.89. The number of carbonyl (C=O) groups excluding carboxylic acids is 1. The van der Waals surface area contributed by atoms with E-state index in [-0.39, 0.29) is 23.0 Å². The zero-order valence-electron chi connectivity index (χ0n) is 19.8. The topological polar surface area (TPSA) is 106 Å². The van der Waals surface area contributed by atoms with Crippen LogP contribution in [0.25, 0.3) is 0 Å². The number of nitrogens with one attached hydrogen (secondary N) is 2. The van der Waals surface area contributed by atoms with E-state index in [9.17, 15) is 13.2 Å². The van der Waals surface area contributed by atoms with Crippen molar-refractivity contribution in [3.05, 3.63) is 36.4 Å². The molecule has 0 heterocycles. The van der Waals surface area contributed by atoms with Gasteiger partial charge in [0.25, 0.3) is 0 Å². The molecule has 0 radical (unpaired) electrons. The van der Waals surface area contributed by atoms with Crippen LogP contribution < -0.4 is 24.8 Å². The molecule has 0 aliphatic heterocycles. The molecule has 2 rings (SSSR count). The fourth-order valence-corrected chi connectivity index (χ4v) is 4.70. The summed E-state index contributed by atoms with van der Waals surface area (Å²) in [4.78, 5) is 12.8. The predicted molar refractivity (Wildman–Crippen MR) is 129 cm³/mol. The van der Waals surface area contributed by atoms with E-state index in [1.165, 1.54) is 29.6 Å². The fraction of sp³-hybridized carbons (Fsp3) is 0.435. The van der Waals surface area contributed by atoms with Crippen LogP contribution in [0.15, 0.2) is 41.3 Å². The maximum absolute atomic E-state index is 12.9. The third-order valence-corrected chi connectivity index (χ3v) is 6.84. The van der Waals surface area contributed by atoms with E-state index in [0.29, 0.717) is 49.2 Å². The number of ether oxygens (including phenoxy) is 3. The van der Waals surface area contributed by atoms with Gasteiger partial charge in [-0.3, -0.25) is 4.79 Å². The number of methoxy groups -OCH3 is 1. The first kappa shape index (κ1) is 26.3. The molecule has 0 saturated heterocycles. The first-order valence-corrected chi connectivity index (χ1v) is 12.4. The molecule has 0 aromatic heterocycles. The molecule has 1 amide bonds. The van der Waals surface area contributed by atoms with E-state index in [4.69, 9.17) is 14.2 Å². The standard InChI is InChI=1S/C23H33N3O6S/c1-6-26(7-2)33(28,29)18-11-13-21(30-5)20(15-18)25-23(27)16-24-19-14-17(31-8-3)10-12-22(19)32-9-4/h10-15,24H,6-9,16H2,1-5H3,(H,25,27). The van der Waals surface area contributed by atoms with Crippen molar-refractivity contribution in [3.63, 3.8) is 0 Å². The zero-order chi connectivity index (χ0) is 24.4. The summed E-state index contributed by atoms with van der Waals surface area (Å²) < 4.78 is 43.5. The molecule has 0 bridgehead atoms. The van der Waals surface area contributed by atoms with Crippen LogP contribution in [0, 0.1) is 0 Å².